The third-order valence-electron chi connectivity index (χ3n) is 5.74. The number of aromatic nitrogens is 2. The lowest BCUT2D eigenvalue weighted by atomic mass is 9.86. The third kappa shape index (κ3) is 3.40. The average molecular weight is 377 g/mol. The van der Waals surface area contributed by atoms with Crippen molar-refractivity contribution >= 4 is 38.4 Å². The van der Waals surface area contributed by atoms with Gasteiger partial charge in [-0.1, -0.05) is 48.5 Å². The number of aryl methyl sites for hydroxylation is 2. The molecule has 0 saturated heterocycles. The van der Waals surface area contributed by atoms with Crippen LogP contribution in [0.15, 0.2) is 79.0 Å². The molecule has 2 N–H and O–H groups in total. The van der Waals surface area contributed by atoms with Crippen LogP contribution in [0.2, 0.25) is 0 Å². The maximum Gasteiger partial charge on any atom is 0.161 e. The lowest BCUT2D eigenvalue weighted by Gasteiger charge is -2.18. The molecule has 0 amide bonds. The first-order chi connectivity index (χ1) is 14.3. The highest BCUT2D eigenvalue weighted by atomic mass is 14.9. The van der Waals surface area contributed by atoms with Gasteiger partial charge in [0.1, 0.15) is 5.82 Å². The third-order valence-corrected chi connectivity index (χ3v) is 5.74. The highest BCUT2D eigenvalue weighted by molar-refractivity contribution is 6.08. The van der Waals surface area contributed by atoms with E-state index in [1.54, 1.807) is 23.4 Å². The van der Waals surface area contributed by atoms with Gasteiger partial charge in [0.25, 0.3) is 0 Å². The number of benzene rings is 3. The van der Waals surface area contributed by atoms with Crippen molar-refractivity contribution in [1.29, 1.82) is 0 Å². The molecule has 3 heteroatoms. The van der Waals surface area contributed by atoms with Crippen molar-refractivity contribution in [3.63, 3.8) is 0 Å². The molecule has 5 aromatic rings. The Morgan fingerprint density at radius 2 is 1.45 bits per heavy atom. The molecule has 0 saturated carbocycles. The van der Waals surface area contributed by atoms with Crippen molar-refractivity contribution in [2.75, 3.05) is 5.73 Å². The van der Waals surface area contributed by atoms with Gasteiger partial charge in [-0.15, -0.1) is 0 Å². The van der Waals surface area contributed by atoms with Crippen LogP contribution in [0.3, 0.4) is 0 Å². The number of pyridine rings is 2. The molecular formula is C26H23N3. The standard InChI is InChI=1S/C18H16.C8H7N3/c1-3-7-15-13(5-1)9-11-18-16-8-4-2-6-14(16)10-12-17(15)18;9-7-4-3-6-2-1-5-10-8(6)11-7/h1,3,5,7,9-12H,2,4,6,8H2;1-5H,(H2,9,10,11). The average Bonchev–Trinajstić information content (AvgIpc) is 2.79. The number of nitrogen functional groups attached to an aromatic ring is 1. The first kappa shape index (κ1) is 17.6. The van der Waals surface area contributed by atoms with Crippen LogP contribution in [0.25, 0.3) is 32.6 Å². The summed E-state index contributed by atoms with van der Waals surface area (Å²) in [5.74, 6) is 0.510. The molecule has 0 fully saturated rings. The topological polar surface area (TPSA) is 51.8 Å². The van der Waals surface area contributed by atoms with Crippen LogP contribution in [-0.2, 0) is 12.8 Å². The van der Waals surface area contributed by atoms with Gasteiger partial charge in [0.05, 0.1) is 0 Å². The highest BCUT2D eigenvalue weighted by Gasteiger charge is 2.13. The van der Waals surface area contributed by atoms with Crippen molar-refractivity contribution in [2.24, 2.45) is 0 Å². The van der Waals surface area contributed by atoms with Gasteiger partial charge in [-0.2, -0.15) is 0 Å². The molecule has 0 spiro atoms. The Morgan fingerprint density at radius 1 is 0.655 bits per heavy atom. The molecule has 2 aromatic heterocycles. The lowest BCUT2D eigenvalue weighted by molar-refractivity contribution is 0.690. The van der Waals surface area contributed by atoms with Crippen molar-refractivity contribution in [3.05, 3.63) is 90.1 Å². The Balaban J connectivity index is 0.000000142. The van der Waals surface area contributed by atoms with E-state index in [-0.39, 0.29) is 0 Å². The van der Waals surface area contributed by atoms with Gasteiger partial charge in [-0.3, -0.25) is 0 Å². The van der Waals surface area contributed by atoms with Gasteiger partial charge in [-0.25, -0.2) is 9.97 Å². The van der Waals surface area contributed by atoms with Gasteiger partial charge < -0.3 is 5.73 Å². The summed E-state index contributed by atoms with van der Waals surface area (Å²) < 4.78 is 0. The summed E-state index contributed by atoms with van der Waals surface area (Å²) in [5, 5.41) is 6.66. The summed E-state index contributed by atoms with van der Waals surface area (Å²) in [6, 6.07) is 25.5. The molecule has 3 aromatic carbocycles. The SMILES string of the molecule is Nc1ccc2cccnc2n1.c1ccc2c(c1)ccc1c3c(ccc12)CCCC3. The molecule has 142 valence electrons. The van der Waals surface area contributed by atoms with E-state index in [9.17, 15) is 0 Å². The summed E-state index contributed by atoms with van der Waals surface area (Å²) in [6.07, 6.45) is 6.92. The van der Waals surface area contributed by atoms with E-state index in [1.165, 1.54) is 47.2 Å². The molecule has 2 heterocycles. The second-order valence-corrected chi connectivity index (χ2v) is 7.58. The lowest BCUT2D eigenvalue weighted by Crippen LogP contribution is -2.02. The number of rotatable bonds is 0. The predicted molar refractivity (Wildman–Crippen MR) is 122 cm³/mol. The highest BCUT2D eigenvalue weighted by Crippen LogP contribution is 2.33. The van der Waals surface area contributed by atoms with Crippen LogP contribution in [0, 0.1) is 0 Å². The van der Waals surface area contributed by atoms with Crippen LogP contribution in [0.5, 0.6) is 0 Å². The Morgan fingerprint density at radius 3 is 2.41 bits per heavy atom. The maximum atomic E-state index is 5.47. The Hall–Kier alpha value is -3.46. The van der Waals surface area contributed by atoms with Gasteiger partial charge >= 0.3 is 0 Å². The number of nitrogens with zero attached hydrogens (tertiary/aromatic N) is 2. The van der Waals surface area contributed by atoms with Crippen LogP contribution in [-0.4, -0.2) is 9.97 Å². The normalized spacial score (nSPS) is 13.1. The number of anilines is 1. The van der Waals surface area contributed by atoms with E-state index in [1.807, 2.05) is 18.2 Å². The zero-order chi connectivity index (χ0) is 19.6. The zero-order valence-electron chi connectivity index (χ0n) is 16.3. The van der Waals surface area contributed by atoms with E-state index in [4.69, 9.17) is 5.73 Å². The van der Waals surface area contributed by atoms with Crippen molar-refractivity contribution in [3.8, 4) is 0 Å². The van der Waals surface area contributed by atoms with Gasteiger partial charge in [0, 0.05) is 11.6 Å². The van der Waals surface area contributed by atoms with E-state index in [0.717, 1.165) is 5.39 Å². The minimum absolute atomic E-state index is 0.510. The van der Waals surface area contributed by atoms with Crippen LogP contribution in [0.4, 0.5) is 5.82 Å². The maximum absolute atomic E-state index is 5.47. The molecule has 1 aliphatic carbocycles. The second-order valence-electron chi connectivity index (χ2n) is 7.58. The fraction of sp³-hybridized carbons (Fsp3) is 0.154. The molecule has 3 nitrogen and oxygen atoms in total. The Kier molecular flexibility index (Phi) is 4.57. The molecular weight excluding hydrogens is 354 g/mol. The van der Waals surface area contributed by atoms with Crippen LogP contribution >= 0.6 is 0 Å². The fourth-order valence-electron chi connectivity index (χ4n) is 4.31. The minimum Gasteiger partial charge on any atom is -0.384 e. The zero-order valence-corrected chi connectivity index (χ0v) is 16.3. The second kappa shape index (κ2) is 7.51. The van der Waals surface area contributed by atoms with Gasteiger partial charge in [0.15, 0.2) is 5.65 Å². The van der Waals surface area contributed by atoms with E-state index < -0.39 is 0 Å². The first-order valence-corrected chi connectivity index (χ1v) is 10.2. The van der Waals surface area contributed by atoms with Crippen LogP contribution < -0.4 is 5.73 Å². The molecule has 29 heavy (non-hydrogen) atoms. The fourth-order valence-corrected chi connectivity index (χ4v) is 4.31. The van der Waals surface area contributed by atoms with E-state index in [2.05, 4.69) is 58.5 Å². The quantitative estimate of drug-likeness (QED) is 0.333. The Labute approximate surface area is 170 Å². The smallest absolute Gasteiger partial charge is 0.161 e. The monoisotopic (exact) mass is 377 g/mol. The summed E-state index contributed by atoms with van der Waals surface area (Å²) in [6.45, 7) is 0. The predicted octanol–water partition coefficient (Wildman–Crippen LogP) is 6.08. The molecule has 0 aliphatic heterocycles. The van der Waals surface area contributed by atoms with Crippen molar-refractivity contribution in [2.45, 2.75) is 25.7 Å². The van der Waals surface area contributed by atoms with E-state index in [0.29, 0.717) is 11.5 Å². The van der Waals surface area contributed by atoms with Crippen molar-refractivity contribution < 1.29 is 0 Å². The summed E-state index contributed by atoms with van der Waals surface area (Å²) in [7, 11) is 0. The summed E-state index contributed by atoms with van der Waals surface area (Å²) >= 11 is 0. The largest absolute Gasteiger partial charge is 0.384 e. The minimum atomic E-state index is 0.510. The molecule has 0 atom stereocenters. The number of hydrogen-bond donors (Lipinski definition) is 1. The molecule has 6 rings (SSSR count). The molecule has 0 radical (unpaired) electrons. The van der Waals surface area contributed by atoms with E-state index >= 15 is 0 Å². The van der Waals surface area contributed by atoms with Gasteiger partial charge in [0.2, 0.25) is 0 Å². The molecule has 1 aliphatic rings. The molecule has 0 bridgehead atoms. The number of fused-ring (bicyclic) bond motifs is 6. The number of hydrogen-bond acceptors (Lipinski definition) is 3. The number of nitrogens with two attached hydrogens (primary N) is 1. The summed E-state index contributed by atoms with van der Waals surface area (Å²) in [5.41, 5.74) is 9.35. The van der Waals surface area contributed by atoms with Crippen LogP contribution in [0.1, 0.15) is 24.0 Å². The van der Waals surface area contributed by atoms with Crippen molar-refractivity contribution in [1.82, 2.24) is 9.97 Å². The first-order valence-electron chi connectivity index (χ1n) is 10.2. The molecule has 0 unspecified atom stereocenters. The van der Waals surface area contributed by atoms with Gasteiger partial charge in [-0.05, 0) is 82.6 Å². The Bertz CT molecular complexity index is 1320. The summed E-state index contributed by atoms with van der Waals surface area (Å²) in [4.78, 5) is 8.09.